The lowest BCUT2D eigenvalue weighted by Gasteiger charge is -2.47. The number of hydrogen-bond acceptors (Lipinski definition) is 2. The van der Waals surface area contributed by atoms with Crippen LogP contribution in [0.3, 0.4) is 0 Å². The normalized spacial score (nSPS) is 32.7. The molecule has 104 valence electrons. The summed E-state index contributed by atoms with van der Waals surface area (Å²) in [6, 6.07) is 12.6. The summed E-state index contributed by atoms with van der Waals surface area (Å²) in [6.07, 6.45) is 2.63. The number of benzene rings is 1. The van der Waals surface area contributed by atoms with Crippen LogP contribution in [-0.2, 0) is 5.41 Å². The molecule has 2 saturated heterocycles. The Kier molecular flexibility index (Phi) is 3.40. The van der Waals surface area contributed by atoms with Crippen molar-refractivity contribution < 1.29 is 0 Å². The zero-order valence-corrected chi connectivity index (χ0v) is 12.5. The lowest BCUT2D eigenvalue weighted by atomic mass is 9.69. The molecule has 2 nitrogen and oxygen atoms in total. The monoisotopic (exact) mass is 258 g/mol. The van der Waals surface area contributed by atoms with Crippen LogP contribution in [-0.4, -0.2) is 48.6 Å². The van der Waals surface area contributed by atoms with Gasteiger partial charge < -0.3 is 4.90 Å². The highest BCUT2D eigenvalue weighted by atomic mass is 15.3. The predicted octanol–water partition coefficient (Wildman–Crippen LogP) is 2.74. The summed E-state index contributed by atoms with van der Waals surface area (Å²) in [5, 5.41) is 0. The van der Waals surface area contributed by atoms with E-state index < -0.39 is 0 Å². The maximum atomic E-state index is 2.65. The lowest BCUT2D eigenvalue weighted by Crippen LogP contribution is -2.56. The number of fused-ring (bicyclic) bond motifs is 1. The number of likely N-dealkylation sites (N-methyl/N-ethyl adjacent to an activating group) is 1. The second kappa shape index (κ2) is 4.92. The average Bonchev–Trinajstić information content (AvgIpc) is 2.78. The average molecular weight is 258 g/mol. The second-order valence-corrected chi connectivity index (χ2v) is 6.61. The minimum absolute atomic E-state index is 0.404. The highest BCUT2D eigenvalue weighted by Crippen LogP contribution is 2.45. The highest BCUT2D eigenvalue weighted by Gasteiger charge is 2.50. The number of piperidine rings is 1. The Morgan fingerprint density at radius 1 is 1.11 bits per heavy atom. The van der Waals surface area contributed by atoms with E-state index in [-0.39, 0.29) is 0 Å². The first-order chi connectivity index (χ1) is 9.13. The Morgan fingerprint density at radius 2 is 1.79 bits per heavy atom. The van der Waals surface area contributed by atoms with Gasteiger partial charge in [0.1, 0.15) is 0 Å². The van der Waals surface area contributed by atoms with E-state index in [0.29, 0.717) is 17.5 Å². The quantitative estimate of drug-likeness (QED) is 0.805. The Hall–Kier alpha value is -0.860. The lowest BCUT2D eigenvalue weighted by molar-refractivity contribution is 0.0761. The second-order valence-electron chi connectivity index (χ2n) is 6.61. The van der Waals surface area contributed by atoms with Crippen LogP contribution >= 0.6 is 0 Å². The van der Waals surface area contributed by atoms with Crippen molar-refractivity contribution in [3.05, 3.63) is 35.9 Å². The Morgan fingerprint density at radius 3 is 2.47 bits per heavy atom. The molecular formula is C17H26N2. The molecule has 19 heavy (non-hydrogen) atoms. The molecule has 1 aromatic rings. The van der Waals surface area contributed by atoms with Crippen molar-refractivity contribution >= 4 is 0 Å². The molecule has 0 saturated carbocycles. The predicted molar refractivity (Wildman–Crippen MR) is 80.5 cm³/mol. The van der Waals surface area contributed by atoms with Gasteiger partial charge in [0.25, 0.3) is 0 Å². The molecular weight excluding hydrogens is 232 g/mol. The minimum atomic E-state index is 0.404. The van der Waals surface area contributed by atoms with Crippen LogP contribution in [0.4, 0.5) is 0 Å². The maximum absolute atomic E-state index is 2.65. The summed E-state index contributed by atoms with van der Waals surface area (Å²) in [5.74, 6) is 0. The van der Waals surface area contributed by atoms with Gasteiger partial charge in [-0.2, -0.15) is 0 Å². The van der Waals surface area contributed by atoms with E-state index in [1.54, 1.807) is 5.56 Å². The fourth-order valence-corrected chi connectivity index (χ4v) is 4.10. The summed E-state index contributed by atoms with van der Waals surface area (Å²) < 4.78 is 0. The first-order valence-corrected chi connectivity index (χ1v) is 7.63. The van der Waals surface area contributed by atoms with E-state index in [1.165, 1.54) is 32.5 Å². The van der Waals surface area contributed by atoms with Crippen LogP contribution in [0.2, 0.25) is 0 Å². The summed E-state index contributed by atoms with van der Waals surface area (Å²) >= 11 is 0. The molecule has 2 heterocycles. The van der Waals surface area contributed by atoms with Gasteiger partial charge in [-0.1, -0.05) is 30.3 Å². The van der Waals surface area contributed by atoms with Gasteiger partial charge in [0.15, 0.2) is 0 Å². The topological polar surface area (TPSA) is 6.48 Å². The van der Waals surface area contributed by atoms with Crippen molar-refractivity contribution in [1.82, 2.24) is 9.80 Å². The molecule has 2 unspecified atom stereocenters. The number of nitrogens with zero attached hydrogens (tertiary/aromatic N) is 2. The fraction of sp³-hybridized carbons (Fsp3) is 0.647. The standard InChI is InChI=1S/C17H26N2/c1-14(2)19-12-10-17(15-7-5-4-6-8-15)9-11-18(3)16(17)13-19/h4-8,14,16H,9-13H2,1-3H3. The van der Waals surface area contributed by atoms with Crippen molar-refractivity contribution in [3.8, 4) is 0 Å². The molecule has 0 spiro atoms. The molecule has 0 radical (unpaired) electrons. The molecule has 2 atom stereocenters. The minimum Gasteiger partial charge on any atom is -0.301 e. The van der Waals surface area contributed by atoms with Gasteiger partial charge in [0.2, 0.25) is 0 Å². The van der Waals surface area contributed by atoms with Crippen LogP contribution in [0.25, 0.3) is 0 Å². The zero-order chi connectivity index (χ0) is 13.5. The van der Waals surface area contributed by atoms with Crippen LogP contribution in [0.1, 0.15) is 32.3 Å². The molecule has 2 fully saturated rings. The molecule has 0 amide bonds. The molecule has 2 heteroatoms. The molecule has 2 aliphatic heterocycles. The molecule has 0 N–H and O–H groups in total. The number of rotatable bonds is 2. The van der Waals surface area contributed by atoms with Gasteiger partial charge in [-0.05, 0) is 52.4 Å². The third-order valence-electron chi connectivity index (χ3n) is 5.41. The van der Waals surface area contributed by atoms with E-state index >= 15 is 0 Å². The van der Waals surface area contributed by atoms with Crippen molar-refractivity contribution in [2.75, 3.05) is 26.7 Å². The largest absolute Gasteiger partial charge is 0.301 e. The third-order valence-corrected chi connectivity index (χ3v) is 5.41. The maximum Gasteiger partial charge on any atom is 0.0317 e. The van der Waals surface area contributed by atoms with Crippen molar-refractivity contribution in [2.24, 2.45) is 0 Å². The van der Waals surface area contributed by atoms with E-state index in [1.807, 2.05) is 0 Å². The molecule has 0 bridgehead atoms. The van der Waals surface area contributed by atoms with Crippen LogP contribution in [0.15, 0.2) is 30.3 Å². The SMILES string of the molecule is CC(C)N1CCC2(c3ccccc3)CCN(C)C2C1. The summed E-state index contributed by atoms with van der Waals surface area (Å²) in [6.45, 7) is 8.36. The smallest absolute Gasteiger partial charge is 0.0317 e. The molecule has 3 rings (SSSR count). The van der Waals surface area contributed by atoms with Crippen LogP contribution < -0.4 is 0 Å². The van der Waals surface area contributed by atoms with Gasteiger partial charge in [-0.15, -0.1) is 0 Å². The van der Waals surface area contributed by atoms with E-state index in [9.17, 15) is 0 Å². The van der Waals surface area contributed by atoms with E-state index in [0.717, 1.165) is 0 Å². The van der Waals surface area contributed by atoms with E-state index in [2.05, 4.69) is 61.0 Å². The fourth-order valence-electron chi connectivity index (χ4n) is 4.10. The van der Waals surface area contributed by atoms with Gasteiger partial charge in [0.05, 0.1) is 0 Å². The first kappa shape index (κ1) is 13.1. The van der Waals surface area contributed by atoms with Crippen molar-refractivity contribution in [2.45, 2.75) is 44.2 Å². The van der Waals surface area contributed by atoms with Gasteiger partial charge in [-0.25, -0.2) is 0 Å². The van der Waals surface area contributed by atoms with E-state index in [4.69, 9.17) is 0 Å². The van der Waals surface area contributed by atoms with Gasteiger partial charge >= 0.3 is 0 Å². The molecule has 0 aliphatic carbocycles. The van der Waals surface area contributed by atoms with Crippen molar-refractivity contribution in [1.29, 1.82) is 0 Å². The molecule has 1 aromatic carbocycles. The third kappa shape index (κ3) is 2.11. The van der Waals surface area contributed by atoms with Gasteiger partial charge in [0, 0.05) is 24.0 Å². The zero-order valence-electron chi connectivity index (χ0n) is 12.5. The van der Waals surface area contributed by atoms with Crippen LogP contribution in [0.5, 0.6) is 0 Å². The number of hydrogen-bond donors (Lipinski definition) is 0. The number of likely N-dealkylation sites (tertiary alicyclic amines) is 2. The van der Waals surface area contributed by atoms with Crippen LogP contribution in [0, 0.1) is 0 Å². The summed E-state index contributed by atoms with van der Waals surface area (Å²) in [4.78, 5) is 5.23. The van der Waals surface area contributed by atoms with Crippen molar-refractivity contribution in [3.63, 3.8) is 0 Å². The highest BCUT2D eigenvalue weighted by molar-refractivity contribution is 5.31. The van der Waals surface area contributed by atoms with Gasteiger partial charge in [-0.3, -0.25) is 4.90 Å². The summed E-state index contributed by atoms with van der Waals surface area (Å²) in [5.41, 5.74) is 1.97. The first-order valence-electron chi connectivity index (χ1n) is 7.63. The Labute approximate surface area is 117 Å². The summed E-state index contributed by atoms with van der Waals surface area (Å²) in [7, 11) is 2.30. The molecule has 2 aliphatic rings. The molecule has 0 aromatic heterocycles. The Bertz CT molecular complexity index is 428. The Balaban J connectivity index is 1.92.